The van der Waals surface area contributed by atoms with E-state index < -0.39 is 5.75 Å². The van der Waals surface area contributed by atoms with Gasteiger partial charge in [-0.1, -0.05) is 0 Å². The van der Waals surface area contributed by atoms with E-state index in [1.165, 1.54) is 6.07 Å². The molecule has 5 heteroatoms. The van der Waals surface area contributed by atoms with Crippen LogP contribution in [-0.4, -0.2) is 21.9 Å². The summed E-state index contributed by atoms with van der Waals surface area (Å²) < 4.78 is 5.44. The molecule has 0 saturated heterocycles. The van der Waals surface area contributed by atoms with Gasteiger partial charge in [-0.25, -0.2) is 0 Å². The van der Waals surface area contributed by atoms with Crippen molar-refractivity contribution < 1.29 is 20.1 Å². The Morgan fingerprint density at radius 2 is 1.90 bits per heavy atom. The third kappa shape index (κ3) is 2.18. The second kappa shape index (κ2) is 4.85. The fraction of sp³-hybridized carbons (Fsp3) is 0.200. The molecule has 5 nitrogen and oxygen atoms in total. The molecule has 0 saturated carbocycles. The van der Waals surface area contributed by atoms with Crippen LogP contribution in [0.5, 0.6) is 23.0 Å². The summed E-state index contributed by atoms with van der Waals surface area (Å²) in [6.07, 6.45) is 0.899. The van der Waals surface area contributed by atoms with Crippen molar-refractivity contribution in [3.63, 3.8) is 0 Å². The minimum Gasteiger partial charge on any atom is -0.504 e. The normalized spacial score (nSPS) is 12.8. The van der Waals surface area contributed by atoms with E-state index in [-0.39, 0.29) is 11.5 Å². The first-order valence-electron chi connectivity index (χ1n) is 6.37. The molecule has 1 aliphatic rings. The average Bonchev–Trinajstić information content (AvgIpc) is 2.91. The molecule has 0 fully saturated rings. The molecule has 1 heterocycles. The van der Waals surface area contributed by atoms with Gasteiger partial charge >= 0.3 is 0 Å². The predicted octanol–water partition coefficient (Wildman–Crippen LogP) is 2.35. The van der Waals surface area contributed by atoms with Gasteiger partial charge in [-0.2, -0.15) is 0 Å². The number of anilines is 1. The van der Waals surface area contributed by atoms with Crippen LogP contribution >= 0.6 is 0 Å². The molecular formula is C15H15NO4. The van der Waals surface area contributed by atoms with Crippen molar-refractivity contribution in [2.75, 3.05) is 11.9 Å². The number of phenolic OH excluding ortho intramolecular Hbond substituents is 3. The zero-order valence-corrected chi connectivity index (χ0v) is 10.8. The second-order valence-electron chi connectivity index (χ2n) is 4.72. The summed E-state index contributed by atoms with van der Waals surface area (Å²) in [5.74, 6) is -0.213. The topological polar surface area (TPSA) is 82.0 Å². The van der Waals surface area contributed by atoms with Crippen molar-refractivity contribution in [2.24, 2.45) is 0 Å². The fourth-order valence-electron chi connectivity index (χ4n) is 2.25. The summed E-state index contributed by atoms with van der Waals surface area (Å²) in [4.78, 5) is 0. The number of nitrogens with one attached hydrogen (secondary N) is 1. The maximum absolute atomic E-state index is 9.74. The third-order valence-corrected chi connectivity index (χ3v) is 3.39. The second-order valence-corrected chi connectivity index (χ2v) is 4.72. The van der Waals surface area contributed by atoms with E-state index in [0.29, 0.717) is 18.7 Å². The lowest BCUT2D eigenvalue weighted by atomic mass is 10.1. The van der Waals surface area contributed by atoms with Crippen molar-refractivity contribution in [1.29, 1.82) is 0 Å². The minimum atomic E-state index is -0.494. The van der Waals surface area contributed by atoms with Gasteiger partial charge in [0.25, 0.3) is 0 Å². The Morgan fingerprint density at radius 3 is 2.75 bits per heavy atom. The highest BCUT2D eigenvalue weighted by Gasteiger charge is 2.13. The van der Waals surface area contributed by atoms with E-state index in [1.807, 2.05) is 18.2 Å². The zero-order chi connectivity index (χ0) is 14.1. The molecule has 0 radical (unpaired) electrons. The molecule has 0 unspecified atom stereocenters. The molecule has 104 valence electrons. The van der Waals surface area contributed by atoms with Gasteiger partial charge in [0.05, 0.1) is 6.61 Å². The summed E-state index contributed by atoms with van der Waals surface area (Å²) in [5, 5.41) is 31.6. The fourth-order valence-corrected chi connectivity index (χ4v) is 2.25. The number of hydrogen-bond donors (Lipinski definition) is 4. The Labute approximate surface area is 116 Å². The number of phenols is 3. The summed E-state index contributed by atoms with van der Waals surface area (Å²) in [5.41, 5.74) is 2.59. The van der Waals surface area contributed by atoms with Gasteiger partial charge in [-0.15, -0.1) is 0 Å². The van der Waals surface area contributed by atoms with E-state index in [9.17, 15) is 15.3 Å². The number of hydrogen-bond acceptors (Lipinski definition) is 5. The van der Waals surface area contributed by atoms with Crippen LogP contribution in [0.3, 0.4) is 0 Å². The van der Waals surface area contributed by atoms with E-state index in [1.54, 1.807) is 6.07 Å². The molecule has 0 atom stereocenters. The third-order valence-electron chi connectivity index (χ3n) is 3.39. The highest BCUT2D eigenvalue weighted by Crippen LogP contribution is 2.37. The first-order valence-corrected chi connectivity index (χ1v) is 6.37. The van der Waals surface area contributed by atoms with Crippen LogP contribution in [-0.2, 0) is 13.0 Å². The monoisotopic (exact) mass is 273 g/mol. The lowest BCUT2D eigenvalue weighted by Crippen LogP contribution is -2.00. The van der Waals surface area contributed by atoms with Crippen LogP contribution in [0.15, 0.2) is 30.3 Å². The molecule has 3 rings (SSSR count). The van der Waals surface area contributed by atoms with E-state index >= 15 is 0 Å². The highest BCUT2D eigenvalue weighted by atomic mass is 16.5. The lowest BCUT2D eigenvalue weighted by molar-refractivity contribution is 0.357. The van der Waals surface area contributed by atoms with Gasteiger partial charge in [-0.3, -0.25) is 0 Å². The van der Waals surface area contributed by atoms with E-state index in [0.717, 1.165) is 23.4 Å². The van der Waals surface area contributed by atoms with Gasteiger partial charge in [0.2, 0.25) is 5.75 Å². The van der Waals surface area contributed by atoms with Crippen LogP contribution in [0.1, 0.15) is 11.1 Å². The van der Waals surface area contributed by atoms with Crippen LogP contribution in [0.4, 0.5) is 5.69 Å². The molecule has 0 aromatic heterocycles. The molecule has 2 aromatic rings. The first kappa shape index (κ1) is 12.5. The Hall–Kier alpha value is -2.56. The summed E-state index contributed by atoms with van der Waals surface area (Å²) in [6.45, 7) is 1.06. The van der Waals surface area contributed by atoms with Crippen LogP contribution < -0.4 is 10.1 Å². The van der Waals surface area contributed by atoms with Gasteiger partial charge in [0, 0.05) is 24.2 Å². The number of rotatable bonds is 3. The van der Waals surface area contributed by atoms with Crippen molar-refractivity contribution in [2.45, 2.75) is 13.0 Å². The number of fused-ring (bicyclic) bond motifs is 1. The van der Waals surface area contributed by atoms with Crippen molar-refractivity contribution in [1.82, 2.24) is 0 Å². The summed E-state index contributed by atoms with van der Waals surface area (Å²) in [7, 11) is 0. The molecule has 0 spiro atoms. The van der Waals surface area contributed by atoms with Crippen molar-refractivity contribution >= 4 is 5.69 Å². The van der Waals surface area contributed by atoms with Crippen LogP contribution in [0.25, 0.3) is 0 Å². The van der Waals surface area contributed by atoms with Crippen molar-refractivity contribution in [3.05, 3.63) is 41.5 Å². The standard InChI is InChI=1S/C15H15NO4/c17-12-3-1-10(14(18)15(12)19)8-16-11-2-4-13-9(7-11)5-6-20-13/h1-4,7,16-19H,5-6,8H2. The Morgan fingerprint density at radius 1 is 1.05 bits per heavy atom. The average molecular weight is 273 g/mol. The quantitative estimate of drug-likeness (QED) is 0.645. The van der Waals surface area contributed by atoms with Crippen molar-refractivity contribution in [3.8, 4) is 23.0 Å². The number of benzene rings is 2. The zero-order valence-electron chi connectivity index (χ0n) is 10.8. The largest absolute Gasteiger partial charge is 0.504 e. The maximum atomic E-state index is 9.74. The van der Waals surface area contributed by atoms with Crippen LogP contribution in [0.2, 0.25) is 0 Å². The molecular weight excluding hydrogens is 258 g/mol. The van der Waals surface area contributed by atoms with Crippen LogP contribution in [0, 0.1) is 0 Å². The predicted molar refractivity (Wildman–Crippen MR) is 74.4 cm³/mol. The smallest absolute Gasteiger partial charge is 0.200 e. The molecule has 4 N–H and O–H groups in total. The highest BCUT2D eigenvalue weighted by molar-refractivity contribution is 5.56. The molecule has 1 aliphatic heterocycles. The number of ether oxygens (including phenoxy) is 1. The summed E-state index contributed by atoms with van der Waals surface area (Å²) >= 11 is 0. The molecule has 0 amide bonds. The Balaban J connectivity index is 1.75. The van der Waals surface area contributed by atoms with E-state index in [2.05, 4.69) is 5.32 Å². The maximum Gasteiger partial charge on any atom is 0.200 e. The molecule has 20 heavy (non-hydrogen) atoms. The molecule has 0 bridgehead atoms. The first-order chi connectivity index (χ1) is 9.65. The Kier molecular flexibility index (Phi) is 3.02. The van der Waals surface area contributed by atoms with E-state index in [4.69, 9.17) is 4.74 Å². The minimum absolute atomic E-state index is 0.304. The Bertz CT molecular complexity index is 655. The van der Waals surface area contributed by atoms with Gasteiger partial charge in [-0.05, 0) is 35.9 Å². The lowest BCUT2D eigenvalue weighted by Gasteiger charge is -2.10. The number of aromatic hydroxyl groups is 3. The molecule has 2 aromatic carbocycles. The van der Waals surface area contributed by atoms with Gasteiger partial charge in [0.15, 0.2) is 11.5 Å². The summed E-state index contributed by atoms with van der Waals surface area (Å²) in [6, 6.07) is 8.75. The van der Waals surface area contributed by atoms with Gasteiger partial charge in [0.1, 0.15) is 5.75 Å². The molecule has 0 aliphatic carbocycles. The van der Waals surface area contributed by atoms with Gasteiger partial charge < -0.3 is 25.4 Å². The SMILES string of the molecule is Oc1ccc(CNc2ccc3c(c2)CCO3)c(O)c1O.